The molecule has 2 fully saturated rings. The van der Waals surface area contributed by atoms with Crippen LogP contribution in [0.1, 0.15) is 51.0 Å². The van der Waals surface area contributed by atoms with Crippen LogP contribution in [0.4, 0.5) is 10.1 Å². The van der Waals surface area contributed by atoms with E-state index in [0.29, 0.717) is 23.2 Å². The van der Waals surface area contributed by atoms with Crippen molar-refractivity contribution in [2.45, 2.75) is 51.5 Å². The van der Waals surface area contributed by atoms with Crippen molar-refractivity contribution in [2.24, 2.45) is 5.92 Å². The third-order valence-corrected chi connectivity index (χ3v) is 5.70. The lowest BCUT2D eigenvalue weighted by Gasteiger charge is -2.41. The summed E-state index contributed by atoms with van der Waals surface area (Å²) in [4.78, 5) is 16.2. The van der Waals surface area contributed by atoms with Crippen LogP contribution >= 0.6 is 0 Å². The lowest BCUT2D eigenvalue weighted by atomic mass is 9.86. The second-order valence-electron chi connectivity index (χ2n) is 7.23. The van der Waals surface area contributed by atoms with E-state index >= 15 is 0 Å². The predicted molar refractivity (Wildman–Crippen MR) is 95.7 cm³/mol. The number of anilines is 1. The van der Waals surface area contributed by atoms with Crippen LogP contribution in [0.25, 0.3) is 0 Å². The molecular formula is C20H26FN3O. The normalized spacial score (nSPS) is 22.4. The van der Waals surface area contributed by atoms with Crippen molar-refractivity contribution in [3.8, 4) is 6.07 Å². The van der Waals surface area contributed by atoms with Gasteiger partial charge in [-0.05, 0) is 49.8 Å². The fourth-order valence-corrected chi connectivity index (χ4v) is 4.37. The third kappa shape index (κ3) is 3.95. The van der Waals surface area contributed by atoms with E-state index in [2.05, 4.69) is 9.80 Å². The highest BCUT2D eigenvalue weighted by Crippen LogP contribution is 2.32. The van der Waals surface area contributed by atoms with E-state index in [1.54, 1.807) is 19.1 Å². The van der Waals surface area contributed by atoms with E-state index in [9.17, 15) is 9.18 Å². The fraction of sp³-hybridized carbons (Fsp3) is 0.600. The Kier molecular flexibility index (Phi) is 5.57. The molecule has 1 aromatic carbocycles. The van der Waals surface area contributed by atoms with Crippen LogP contribution < -0.4 is 4.90 Å². The summed E-state index contributed by atoms with van der Waals surface area (Å²) in [6, 6.07) is 7.01. The molecule has 1 aromatic rings. The molecule has 1 amide bonds. The number of hydrogen-bond acceptors (Lipinski definition) is 3. The first kappa shape index (κ1) is 17.7. The molecule has 5 heteroatoms. The van der Waals surface area contributed by atoms with E-state index in [0.717, 1.165) is 45.3 Å². The van der Waals surface area contributed by atoms with Gasteiger partial charge >= 0.3 is 0 Å². The van der Waals surface area contributed by atoms with Crippen molar-refractivity contribution in [2.75, 3.05) is 24.5 Å². The molecule has 1 atom stereocenters. The maximum atomic E-state index is 14.2. The van der Waals surface area contributed by atoms with Crippen molar-refractivity contribution in [3.05, 3.63) is 29.6 Å². The van der Waals surface area contributed by atoms with Gasteiger partial charge in [0.15, 0.2) is 0 Å². The molecule has 0 N–H and O–H groups in total. The monoisotopic (exact) mass is 343 g/mol. The molecule has 2 heterocycles. The summed E-state index contributed by atoms with van der Waals surface area (Å²) in [6.45, 7) is 4.16. The van der Waals surface area contributed by atoms with Crippen molar-refractivity contribution in [1.82, 2.24) is 4.90 Å². The highest BCUT2D eigenvalue weighted by Gasteiger charge is 2.33. The second kappa shape index (κ2) is 7.86. The summed E-state index contributed by atoms with van der Waals surface area (Å²) in [6.07, 6.45) is 6.55. The molecule has 3 rings (SSSR count). The van der Waals surface area contributed by atoms with Crippen molar-refractivity contribution in [1.29, 1.82) is 5.26 Å². The molecule has 0 bridgehead atoms. The quantitative estimate of drug-likeness (QED) is 0.822. The topological polar surface area (TPSA) is 47.3 Å². The van der Waals surface area contributed by atoms with Gasteiger partial charge in [0, 0.05) is 32.6 Å². The Morgan fingerprint density at radius 1 is 1.16 bits per heavy atom. The van der Waals surface area contributed by atoms with Crippen LogP contribution in [-0.2, 0) is 4.79 Å². The zero-order chi connectivity index (χ0) is 17.8. The summed E-state index contributed by atoms with van der Waals surface area (Å²) in [5.74, 6) is 0.365. The lowest BCUT2D eigenvalue weighted by Crippen LogP contribution is -2.47. The SMILES string of the molecule is CC(=O)N1CCCCCC1C1CCN(c2ccc(C#N)cc2F)CC1. The van der Waals surface area contributed by atoms with Gasteiger partial charge in [0.25, 0.3) is 0 Å². The highest BCUT2D eigenvalue weighted by atomic mass is 19.1. The van der Waals surface area contributed by atoms with Gasteiger partial charge in [-0.15, -0.1) is 0 Å². The Bertz CT molecular complexity index is 661. The number of amides is 1. The molecule has 0 aliphatic carbocycles. The number of likely N-dealkylation sites (tertiary alicyclic amines) is 1. The number of nitrogens with zero attached hydrogens (tertiary/aromatic N) is 3. The van der Waals surface area contributed by atoms with E-state index in [1.165, 1.54) is 18.9 Å². The Morgan fingerprint density at radius 3 is 2.56 bits per heavy atom. The first-order chi connectivity index (χ1) is 12.1. The molecule has 2 aliphatic rings. The smallest absolute Gasteiger partial charge is 0.219 e. The molecule has 1 unspecified atom stereocenters. The largest absolute Gasteiger partial charge is 0.369 e. The lowest BCUT2D eigenvalue weighted by molar-refractivity contribution is -0.132. The van der Waals surface area contributed by atoms with Crippen LogP contribution in [-0.4, -0.2) is 36.5 Å². The average molecular weight is 343 g/mol. The maximum absolute atomic E-state index is 14.2. The summed E-state index contributed by atoms with van der Waals surface area (Å²) in [7, 11) is 0. The highest BCUT2D eigenvalue weighted by molar-refractivity contribution is 5.73. The summed E-state index contributed by atoms with van der Waals surface area (Å²) < 4.78 is 14.2. The average Bonchev–Trinajstić information content (AvgIpc) is 2.88. The number of piperidine rings is 1. The predicted octanol–water partition coefficient (Wildman–Crippen LogP) is 3.70. The van der Waals surface area contributed by atoms with Crippen LogP contribution in [0.2, 0.25) is 0 Å². The molecular weight excluding hydrogens is 317 g/mol. The van der Waals surface area contributed by atoms with E-state index in [-0.39, 0.29) is 11.7 Å². The van der Waals surface area contributed by atoms with Gasteiger partial charge in [-0.2, -0.15) is 5.26 Å². The molecule has 134 valence electrons. The number of hydrogen-bond donors (Lipinski definition) is 0. The maximum Gasteiger partial charge on any atom is 0.219 e. The summed E-state index contributed by atoms with van der Waals surface area (Å²) in [5.41, 5.74) is 0.938. The van der Waals surface area contributed by atoms with E-state index < -0.39 is 0 Å². The van der Waals surface area contributed by atoms with Crippen LogP contribution in [0, 0.1) is 23.1 Å². The summed E-state index contributed by atoms with van der Waals surface area (Å²) in [5, 5.41) is 8.87. The standard InChI is InChI=1S/C20H26FN3O/c1-15(25)24-10-4-2-3-5-19(24)17-8-11-23(12-9-17)20-7-6-16(14-22)13-18(20)21/h6-7,13,17,19H,2-5,8-12H2,1H3. The minimum absolute atomic E-state index is 0.187. The van der Waals surface area contributed by atoms with Gasteiger partial charge < -0.3 is 9.80 Å². The Balaban J connectivity index is 1.66. The molecule has 0 aromatic heterocycles. The molecule has 0 radical (unpaired) electrons. The Morgan fingerprint density at radius 2 is 1.92 bits per heavy atom. The zero-order valence-corrected chi connectivity index (χ0v) is 14.9. The van der Waals surface area contributed by atoms with Gasteiger partial charge in [0.05, 0.1) is 17.3 Å². The Labute approximate surface area is 149 Å². The third-order valence-electron chi connectivity index (χ3n) is 5.70. The van der Waals surface area contributed by atoms with E-state index in [1.807, 2.05) is 6.07 Å². The number of carbonyl (C=O) groups is 1. The van der Waals surface area contributed by atoms with Crippen molar-refractivity contribution < 1.29 is 9.18 Å². The first-order valence-electron chi connectivity index (χ1n) is 9.32. The minimum Gasteiger partial charge on any atom is -0.369 e. The van der Waals surface area contributed by atoms with Gasteiger partial charge in [-0.3, -0.25) is 4.79 Å². The molecule has 2 saturated heterocycles. The number of halogens is 1. The first-order valence-corrected chi connectivity index (χ1v) is 9.32. The van der Waals surface area contributed by atoms with Crippen molar-refractivity contribution in [3.63, 3.8) is 0 Å². The number of rotatable bonds is 2. The zero-order valence-electron chi connectivity index (χ0n) is 14.9. The number of carbonyl (C=O) groups excluding carboxylic acids is 1. The summed E-state index contributed by atoms with van der Waals surface area (Å²) >= 11 is 0. The molecule has 25 heavy (non-hydrogen) atoms. The molecule has 0 saturated carbocycles. The van der Waals surface area contributed by atoms with Gasteiger partial charge in [-0.1, -0.05) is 12.8 Å². The van der Waals surface area contributed by atoms with Crippen LogP contribution in [0.3, 0.4) is 0 Å². The second-order valence-corrected chi connectivity index (χ2v) is 7.23. The number of benzene rings is 1. The van der Waals surface area contributed by atoms with Gasteiger partial charge in [0.2, 0.25) is 5.91 Å². The molecule has 0 spiro atoms. The number of nitriles is 1. The Hall–Kier alpha value is -2.09. The van der Waals surface area contributed by atoms with Crippen LogP contribution in [0.15, 0.2) is 18.2 Å². The van der Waals surface area contributed by atoms with Gasteiger partial charge in [0.1, 0.15) is 5.82 Å². The fourth-order valence-electron chi connectivity index (χ4n) is 4.37. The minimum atomic E-state index is -0.322. The van der Waals surface area contributed by atoms with Crippen molar-refractivity contribution >= 4 is 11.6 Å². The van der Waals surface area contributed by atoms with Crippen LogP contribution in [0.5, 0.6) is 0 Å². The van der Waals surface area contributed by atoms with Gasteiger partial charge in [-0.25, -0.2) is 4.39 Å². The van der Waals surface area contributed by atoms with E-state index in [4.69, 9.17) is 5.26 Å². The molecule has 4 nitrogen and oxygen atoms in total. The molecule has 2 aliphatic heterocycles.